The molecule has 3 aromatic heterocycles. The fourth-order valence-corrected chi connectivity index (χ4v) is 6.78. The second-order valence-electron chi connectivity index (χ2n) is 9.81. The van der Waals surface area contributed by atoms with Crippen LogP contribution in [0, 0.1) is 6.92 Å². The van der Waals surface area contributed by atoms with E-state index in [-0.39, 0.29) is 5.41 Å². The molecule has 33 heavy (non-hydrogen) atoms. The van der Waals surface area contributed by atoms with E-state index in [1.165, 1.54) is 58.1 Å². The van der Waals surface area contributed by atoms with Crippen LogP contribution in [0.3, 0.4) is 0 Å². The molecule has 1 nitrogen and oxygen atoms in total. The van der Waals surface area contributed by atoms with Crippen molar-refractivity contribution in [2.45, 2.75) is 33.1 Å². The number of thiophene rings is 2. The first-order valence-corrected chi connectivity index (χ1v) is 13.0. The van der Waals surface area contributed by atoms with Crippen LogP contribution in [0.4, 0.5) is 0 Å². The molecule has 3 heterocycles. The maximum absolute atomic E-state index is 4.88. The third kappa shape index (κ3) is 3.47. The summed E-state index contributed by atoms with van der Waals surface area (Å²) in [5, 5.41) is 7.46. The number of fused-ring (bicyclic) bond motifs is 3. The summed E-state index contributed by atoms with van der Waals surface area (Å²) in [6, 6.07) is 24.7. The van der Waals surface area contributed by atoms with Gasteiger partial charge in [0, 0.05) is 21.3 Å². The average Bonchev–Trinajstić information content (AvgIpc) is 3.41. The molecule has 0 aliphatic carbocycles. The predicted molar refractivity (Wildman–Crippen MR) is 147 cm³/mol. The molecule has 0 radical (unpaired) electrons. The molecule has 0 aliphatic heterocycles. The molecule has 0 fully saturated rings. The van der Waals surface area contributed by atoms with E-state index >= 15 is 0 Å². The fourth-order valence-electron chi connectivity index (χ4n) is 4.69. The van der Waals surface area contributed by atoms with Crippen LogP contribution in [-0.4, -0.2) is 4.98 Å². The Balaban J connectivity index is 1.56. The van der Waals surface area contributed by atoms with E-state index in [1.54, 1.807) is 0 Å². The summed E-state index contributed by atoms with van der Waals surface area (Å²) >= 11 is 3.67. The largest absolute Gasteiger partial charge is 0.255 e. The van der Waals surface area contributed by atoms with Crippen LogP contribution in [0.25, 0.3) is 52.6 Å². The summed E-state index contributed by atoms with van der Waals surface area (Å²) in [6.07, 6.45) is 1.95. The van der Waals surface area contributed by atoms with Gasteiger partial charge in [-0.25, -0.2) is 0 Å². The Hall–Kier alpha value is -3.01. The zero-order valence-electron chi connectivity index (χ0n) is 19.3. The lowest BCUT2D eigenvalue weighted by atomic mass is 9.82. The van der Waals surface area contributed by atoms with E-state index in [9.17, 15) is 0 Å². The number of aromatic nitrogens is 1. The van der Waals surface area contributed by atoms with Crippen LogP contribution < -0.4 is 0 Å². The van der Waals surface area contributed by atoms with Crippen molar-refractivity contribution in [1.29, 1.82) is 0 Å². The van der Waals surface area contributed by atoms with Gasteiger partial charge in [0.05, 0.1) is 10.4 Å². The van der Waals surface area contributed by atoms with Gasteiger partial charge in [0.2, 0.25) is 0 Å². The maximum atomic E-state index is 4.88. The number of pyridine rings is 1. The molecule has 6 aromatic rings. The number of nitrogens with zero attached hydrogens (tertiary/aromatic N) is 1. The molecule has 162 valence electrons. The van der Waals surface area contributed by atoms with Gasteiger partial charge in [0.1, 0.15) is 0 Å². The smallest absolute Gasteiger partial charge is 0.0880 e. The molecular weight excluding hydrogens is 438 g/mol. The average molecular weight is 464 g/mol. The minimum Gasteiger partial charge on any atom is -0.255 e. The molecular formula is C30H25NS2. The second kappa shape index (κ2) is 7.51. The molecule has 0 saturated carbocycles. The SMILES string of the molecule is Cc1csc2ccc(-c3cc4ccnc(-c5cc(C(C)(C)C)c6ccccc6c5)c4s3)cc12. The molecule has 6 rings (SSSR count). The zero-order chi connectivity index (χ0) is 22.7. The zero-order valence-corrected chi connectivity index (χ0v) is 20.9. The number of hydrogen-bond donors (Lipinski definition) is 0. The van der Waals surface area contributed by atoms with Crippen molar-refractivity contribution in [2.24, 2.45) is 0 Å². The minimum absolute atomic E-state index is 0.0535. The van der Waals surface area contributed by atoms with Crippen molar-refractivity contribution >= 4 is 53.6 Å². The molecule has 0 amide bonds. The molecule has 0 atom stereocenters. The Kier molecular flexibility index (Phi) is 4.69. The van der Waals surface area contributed by atoms with E-state index in [1.807, 2.05) is 28.9 Å². The van der Waals surface area contributed by atoms with Gasteiger partial charge in [-0.2, -0.15) is 0 Å². The Bertz CT molecular complexity index is 1660. The van der Waals surface area contributed by atoms with Crippen LogP contribution in [0.15, 0.2) is 78.3 Å². The van der Waals surface area contributed by atoms with Crippen molar-refractivity contribution in [3.05, 3.63) is 89.4 Å². The molecule has 0 N–H and O–H groups in total. The van der Waals surface area contributed by atoms with Gasteiger partial charge < -0.3 is 0 Å². The van der Waals surface area contributed by atoms with Crippen LogP contribution in [-0.2, 0) is 5.41 Å². The maximum Gasteiger partial charge on any atom is 0.0880 e. The highest BCUT2D eigenvalue weighted by Crippen LogP contribution is 2.41. The van der Waals surface area contributed by atoms with Crippen LogP contribution in [0.1, 0.15) is 31.9 Å². The fraction of sp³-hybridized carbons (Fsp3) is 0.167. The number of hydrogen-bond acceptors (Lipinski definition) is 3. The standard InChI is InChI=1S/C30H25NS2/c1-18-17-32-26-10-9-20(14-24(18)26)27-16-21-11-12-31-28(29(21)33-27)22-13-19-7-5-6-8-23(19)25(15-22)30(2,3)4/h5-17H,1-4H3. The third-order valence-electron chi connectivity index (χ3n) is 6.43. The normalized spacial score (nSPS) is 12.2. The van der Waals surface area contributed by atoms with E-state index in [0.29, 0.717) is 0 Å². The summed E-state index contributed by atoms with van der Waals surface area (Å²) in [5.41, 5.74) is 6.33. The van der Waals surface area contributed by atoms with Gasteiger partial charge in [-0.05, 0) is 92.4 Å². The monoisotopic (exact) mass is 463 g/mol. The van der Waals surface area contributed by atoms with E-state index in [0.717, 1.165) is 5.69 Å². The van der Waals surface area contributed by atoms with Crippen molar-refractivity contribution in [1.82, 2.24) is 4.98 Å². The van der Waals surface area contributed by atoms with Gasteiger partial charge in [0.15, 0.2) is 0 Å². The van der Waals surface area contributed by atoms with Gasteiger partial charge in [-0.15, -0.1) is 22.7 Å². The molecule has 3 aromatic carbocycles. The predicted octanol–water partition coefficient (Wildman–Crippen LogP) is 9.60. The second-order valence-corrected chi connectivity index (χ2v) is 11.8. The first kappa shape index (κ1) is 20.6. The van der Waals surface area contributed by atoms with Gasteiger partial charge >= 0.3 is 0 Å². The Morgan fingerprint density at radius 1 is 0.788 bits per heavy atom. The lowest BCUT2D eigenvalue weighted by Gasteiger charge is -2.22. The minimum atomic E-state index is 0.0535. The lowest BCUT2D eigenvalue weighted by molar-refractivity contribution is 0.596. The molecule has 0 aliphatic rings. The van der Waals surface area contributed by atoms with E-state index < -0.39 is 0 Å². The van der Waals surface area contributed by atoms with Crippen molar-refractivity contribution < 1.29 is 0 Å². The summed E-state index contributed by atoms with van der Waals surface area (Å²) < 4.78 is 2.61. The van der Waals surface area contributed by atoms with Crippen molar-refractivity contribution in [2.75, 3.05) is 0 Å². The molecule has 0 unspecified atom stereocenters. The molecule has 0 saturated heterocycles. The summed E-state index contributed by atoms with van der Waals surface area (Å²) in [4.78, 5) is 6.18. The lowest BCUT2D eigenvalue weighted by Crippen LogP contribution is -2.12. The van der Waals surface area contributed by atoms with Gasteiger partial charge in [-0.3, -0.25) is 4.98 Å². The summed E-state index contributed by atoms with van der Waals surface area (Å²) in [6.45, 7) is 9.07. The Labute approximate surface area is 202 Å². The van der Waals surface area contributed by atoms with E-state index in [4.69, 9.17) is 4.98 Å². The molecule has 3 heteroatoms. The van der Waals surface area contributed by atoms with Crippen LogP contribution in [0.5, 0.6) is 0 Å². The van der Waals surface area contributed by atoms with Crippen LogP contribution in [0.2, 0.25) is 0 Å². The van der Waals surface area contributed by atoms with Gasteiger partial charge in [0.25, 0.3) is 0 Å². The number of rotatable bonds is 2. The summed E-state index contributed by atoms with van der Waals surface area (Å²) in [5.74, 6) is 0. The highest BCUT2D eigenvalue weighted by Gasteiger charge is 2.20. The highest BCUT2D eigenvalue weighted by molar-refractivity contribution is 7.22. The Morgan fingerprint density at radius 2 is 1.64 bits per heavy atom. The van der Waals surface area contributed by atoms with Gasteiger partial charge in [-0.1, -0.05) is 51.1 Å². The van der Waals surface area contributed by atoms with Crippen LogP contribution >= 0.6 is 22.7 Å². The quantitative estimate of drug-likeness (QED) is 0.249. The van der Waals surface area contributed by atoms with E-state index in [2.05, 4.69) is 99.8 Å². The number of benzene rings is 3. The first-order valence-electron chi connectivity index (χ1n) is 11.3. The molecule has 0 bridgehead atoms. The molecule has 0 spiro atoms. The Morgan fingerprint density at radius 3 is 2.48 bits per heavy atom. The topological polar surface area (TPSA) is 12.9 Å². The first-order chi connectivity index (χ1) is 15.9. The summed E-state index contributed by atoms with van der Waals surface area (Å²) in [7, 11) is 0. The highest BCUT2D eigenvalue weighted by atomic mass is 32.1. The van der Waals surface area contributed by atoms with Crippen molar-refractivity contribution in [3.8, 4) is 21.7 Å². The van der Waals surface area contributed by atoms with Crippen molar-refractivity contribution in [3.63, 3.8) is 0 Å². The number of aryl methyl sites for hydroxylation is 1. The third-order valence-corrected chi connectivity index (χ3v) is 8.72.